The summed E-state index contributed by atoms with van der Waals surface area (Å²) < 4.78 is 10.9. The Morgan fingerprint density at radius 1 is 1.24 bits per heavy atom. The number of hydrogen-bond donors (Lipinski definition) is 0. The fourth-order valence-electron chi connectivity index (χ4n) is 2.27. The van der Waals surface area contributed by atoms with Crippen molar-refractivity contribution in [3.05, 3.63) is 48.0 Å². The third kappa shape index (κ3) is 2.90. The summed E-state index contributed by atoms with van der Waals surface area (Å²) in [6.07, 6.45) is 0.470. The van der Waals surface area contributed by atoms with E-state index in [2.05, 4.69) is 6.58 Å². The van der Waals surface area contributed by atoms with E-state index < -0.39 is 23.0 Å². The first-order valence-electron chi connectivity index (χ1n) is 6.93. The smallest absolute Gasteiger partial charge is 0.351 e. The van der Waals surface area contributed by atoms with Crippen molar-refractivity contribution >= 4 is 11.8 Å². The summed E-state index contributed by atoms with van der Waals surface area (Å²) in [4.78, 5) is 25.4. The fraction of sp³-hybridized carbons (Fsp3) is 0.412. The number of benzene rings is 1. The first kappa shape index (κ1) is 15.4. The first-order valence-corrected chi connectivity index (χ1v) is 6.93. The highest BCUT2D eigenvalue weighted by Crippen LogP contribution is 2.36. The van der Waals surface area contributed by atoms with Gasteiger partial charge in [-0.3, -0.25) is 4.79 Å². The summed E-state index contributed by atoms with van der Waals surface area (Å²) in [5, 5.41) is 0. The van der Waals surface area contributed by atoms with E-state index in [-0.39, 0.29) is 6.61 Å². The summed E-state index contributed by atoms with van der Waals surface area (Å²) >= 11 is 0. The van der Waals surface area contributed by atoms with Crippen LogP contribution in [-0.4, -0.2) is 29.6 Å². The monoisotopic (exact) mass is 288 g/mol. The van der Waals surface area contributed by atoms with Gasteiger partial charge in [-0.25, -0.2) is 4.79 Å². The van der Waals surface area contributed by atoms with Crippen LogP contribution in [0.25, 0.3) is 0 Å². The van der Waals surface area contributed by atoms with E-state index in [9.17, 15) is 9.59 Å². The number of ketones is 1. The maximum Gasteiger partial charge on any atom is 0.351 e. The SMILES string of the molecule is C=C1CCOC1(C(=O)OC(C)(C)C)C(=O)c1ccccc1. The largest absolute Gasteiger partial charge is 0.457 e. The van der Waals surface area contributed by atoms with E-state index in [0.29, 0.717) is 17.6 Å². The van der Waals surface area contributed by atoms with Crippen molar-refractivity contribution < 1.29 is 19.1 Å². The molecule has 0 aliphatic carbocycles. The van der Waals surface area contributed by atoms with E-state index in [1.54, 1.807) is 51.1 Å². The molecular formula is C17H20O4. The summed E-state index contributed by atoms with van der Waals surface area (Å²) in [5.74, 6) is -1.11. The predicted molar refractivity (Wildman–Crippen MR) is 79.1 cm³/mol. The van der Waals surface area contributed by atoms with E-state index in [4.69, 9.17) is 9.47 Å². The number of carbonyl (C=O) groups excluding carboxylic acids is 2. The molecule has 0 saturated carbocycles. The molecule has 0 bridgehead atoms. The van der Waals surface area contributed by atoms with Crippen LogP contribution in [0.2, 0.25) is 0 Å². The number of carbonyl (C=O) groups is 2. The Kier molecular flexibility index (Phi) is 4.01. The second-order valence-corrected chi connectivity index (χ2v) is 6.08. The topological polar surface area (TPSA) is 52.6 Å². The number of esters is 1. The van der Waals surface area contributed by atoms with Crippen molar-refractivity contribution in [1.29, 1.82) is 0 Å². The first-order chi connectivity index (χ1) is 9.77. The number of hydrogen-bond acceptors (Lipinski definition) is 4. The minimum Gasteiger partial charge on any atom is -0.457 e. The van der Waals surface area contributed by atoms with Gasteiger partial charge in [0.15, 0.2) is 0 Å². The molecule has 21 heavy (non-hydrogen) atoms. The summed E-state index contributed by atoms with van der Waals surface area (Å²) in [7, 11) is 0. The molecule has 1 aromatic rings. The van der Waals surface area contributed by atoms with Gasteiger partial charge in [-0.2, -0.15) is 0 Å². The molecule has 1 aliphatic rings. The third-order valence-corrected chi connectivity index (χ3v) is 3.26. The van der Waals surface area contributed by atoms with E-state index >= 15 is 0 Å². The van der Waals surface area contributed by atoms with Crippen LogP contribution in [0.15, 0.2) is 42.5 Å². The lowest BCUT2D eigenvalue weighted by Gasteiger charge is -2.30. The van der Waals surface area contributed by atoms with Crippen LogP contribution in [-0.2, 0) is 14.3 Å². The molecule has 1 atom stereocenters. The van der Waals surface area contributed by atoms with Crippen LogP contribution in [0.4, 0.5) is 0 Å². The average Bonchev–Trinajstić information content (AvgIpc) is 2.80. The summed E-state index contributed by atoms with van der Waals surface area (Å²) in [6.45, 7) is 9.41. The van der Waals surface area contributed by atoms with Crippen molar-refractivity contribution in [2.75, 3.05) is 6.61 Å². The minimum absolute atomic E-state index is 0.288. The predicted octanol–water partition coefficient (Wildman–Crippen LogP) is 2.93. The third-order valence-electron chi connectivity index (χ3n) is 3.26. The van der Waals surface area contributed by atoms with Crippen LogP contribution in [0.5, 0.6) is 0 Å². The second kappa shape index (κ2) is 5.45. The molecule has 1 saturated heterocycles. The van der Waals surface area contributed by atoms with Crippen molar-refractivity contribution in [2.24, 2.45) is 0 Å². The van der Waals surface area contributed by atoms with Gasteiger partial charge in [0.2, 0.25) is 11.4 Å². The standard InChI is InChI=1S/C17H20O4/c1-12-10-11-20-17(12,15(19)21-16(2,3)4)14(18)13-8-6-5-7-9-13/h5-9H,1,10-11H2,2-4H3. The minimum atomic E-state index is -1.71. The number of Topliss-reactive ketones (excluding diaryl/α,β-unsaturated/α-hetero) is 1. The molecule has 1 fully saturated rings. The van der Waals surface area contributed by atoms with Gasteiger partial charge in [0.05, 0.1) is 6.61 Å². The van der Waals surface area contributed by atoms with Gasteiger partial charge < -0.3 is 9.47 Å². The Balaban J connectivity index is 2.42. The molecule has 4 heteroatoms. The zero-order valence-corrected chi connectivity index (χ0v) is 12.6. The summed E-state index contributed by atoms with van der Waals surface area (Å²) in [5.41, 5.74) is -1.56. The van der Waals surface area contributed by atoms with Gasteiger partial charge in [-0.15, -0.1) is 0 Å². The van der Waals surface area contributed by atoms with Crippen LogP contribution in [0.3, 0.4) is 0 Å². The van der Waals surface area contributed by atoms with Gasteiger partial charge in [0, 0.05) is 5.56 Å². The highest BCUT2D eigenvalue weighted by atomic mass is 16.6. The Bertz CT molecular complexity index is 568. The molecular weight excluding hydrogens is 268 g/mol. The zero-order chi connectivity index (χ0) is 15.7. The van der Waals surface area contributed by atoms with Crippen LogP contribution in [0.1, 0.15) is 37.6 Å². The van der Waals surface area contributed by atoms with Crippen molar-refractivity contribution in [2.45, 2.75) is 38.4 Å². The lowest BCUT2D eigenvalue weighted by atomic mass is 9.86. The lowest BCUT2D eigenvalue weighted by molar-refractivity contribution is -0.170. The van der Waals surface area contributed by atoms with E-state index in [1.807, 2.05) is 0 Å². The fourth-order valence-corrected chi connectivity index (χ4v) is 2.27. The summed E-state index contributed by atoms with van der Waals surface area (Å²) in [6, 6.07) is 8.61. The number of ether oxygens (including phenoxy) is 2. The van der Waals surface area contributed by atoms with Crippen molar-refractivity contribution in [1.82, 2.24) is 0 Å². The Hall–Kier alpha value is -1.94. The normalized spacial score (nSPS) is 22.1. The maximum atomic E-state index is 12.8. The van der Waals surface area contributed by atoms with Gasteiger partial charge in [-0.1, -0.05) is 36.9 Å². The molecule has 0 spiro atoms. The number of rotatable bonds is 3. The van der Waals surface area contributed by atoms with Gasteiger partial charge in [0.25, 0.3) is 0 Å². The van der Waals surface area contributed by atoms with Crippen molar-refractivity contribution in [3.63, 3.8) is 0 Å². The second-order valence-electron chi connectivity index (χ2n) is 6.08. The van der Waals surface area contributed by atoms with Crippen LogP contribution >= 0.6 is 0 Å². The van der Waals surface area contributed by atoms with Crippen LogP contribution in [0, 0.1) is 0 Å². The molecule has 0 amide bonds. The molecule has 2 rings (SSSR count). The molecule has 1 aromatic carbocycles. The Morgan fingerprint density at radius 3 is 2.33 bits per heavy atom. The highest BCUT2D eigenvalue weighted by Gasteiger charge is 2.55. The zero-order valence-electron chi connectivity index (χ0n) is 12.6. The Morgan fingerprint density at radius 2 is 1.86 bits per heavy atom. The molecule has 4 nitrogen and oxygen atoms in total. The van der Waals surface area contributed by atoms with Gasteiger partial charge >= 0.3 is 5.97 Å². The van der Waals surface area contributed by atoms with Crippen LogP contribution < -0.4 is 0 Å². The molecule has 0 N–H and O–H groups in total. The molecule has 0 radical (unpaired) electrons. The Labute approximate surface area is 124 Å². The molecule has 1 aliphatic heterocycles. The van der Waals surface area contributed by atoms with Gasteiger partial charge in [0.1, 0.15) is 5.60 Å². The van der Waals surface area contributed by atoms with Crippen molar-refractivity contribution in [3.8, 4) is 0 Å². The van der Waals surface area contributed by atoms with E-state index in [1.165, 1.54) is 0 Å². The highest BCUT2D eigenvalue weighted by molar-refractivity contribution is 6.18. The molecule has 112 valence electrons. The van der Waals surface area contributed by atoms with Gasteiger partial charge in [-0.05, 0) is 32.8 Å². The average molecular weight is 288 g/mol. The van der Waals surface area contributed by atoms with E-state index in [0.717, 1.165) is 0 Å². The quantitative estimate of drug-likeness (QED) is 0.371. The maximum absolute atomic E-state index is 12.8. The lowest BCUT2D eigenvalue weighted by Crippen LogP contribution is -2.50. The molecule has 1 heterocycles. The molecule has 0 aromatic heterocycles. The molecule has 1 unspecified atom stereocenters.